The minimum atomic E-state index is -0.656. The number of imidazole rings is 2. The van der Waals surface area contributed by atoms with Crippen LogP contribution < -0.4 is 10.6 Å². The number of methoxy groups -OCH3 is 1. The molecule has 0 radical (unpaired) electrons. The van der Waals surface area contributed by atoms with Gasteiger partial charge < -0.3 is 40.0 Å². The Kier molecular flexibility index (Phi) is 12.0. The summed E-state index contributed by atoms with van der Waals surface area (Å²) in [6.45, 7) is 10.6. The van der Waals surface area contributed by atoms with E-state index in [4.69, 9.17) is 14.7 Å². The number of carbonyl (C=O) groups excluding carboxylic acids is 4. The number of nitrogens with zero attached hydrogens (tertiary/aromatic N) is 5. The van der Waals surface area contributed by atoms with Crippen LogP contribution in [0.5, 0.6) is 0 Å². The largest absolute Gasteiger partial charge is 0.453 e. The molecule has 0 spiro atoms. The minimum Gasteiger partial charge on any atom is -0.453 e. The van der Waals surface area contributed by atoms with Gasteiger partial charge in [-0.1, -0.05) is 52.0 Å². The normalized spacial score (nSPS) is 26.4. The van der Waals surface area contributed by atoms with Gasteiger partial charge in [0.1, 0.15) is 23.7 Å². The molecule has 4 atom stereocenters. The molecule has 324 valence electrons. The first-order valence-electron chi connectivity index (χ1n) is 22.6. The molecule has 6 aliphatic rings. The fourth-order valence-electron chi connectivity index (χ4n) is 11.0. The van der Waals surface area contributed by atoms with Gasteiger partial charge in [-0.05, 0) is 112 Å². The number of rotatable bonds is 11. The summed E-state index contributed by atoms with van der Waals surface area (Å²) in [6.07, 6.45) is 16.5. The number of benzene rings is 1. The first-order chi connectivity index (χ1) is 28.9. The number of ether oxygens (including phenoxy) is 1. The van der Waals surface area contributed by atoms with Gasteiger partial charge in [-0.15, -0.1) is 0 Å². The van der Waals surface area contributed by atoms with Gasteiger partial charge in [0.05, 0.1) is 31.1 Å². The molecule has 3 saturated heterocycles. The van der Waals surface area contributed by atoms with Gasteiger partial charge in [0.2, 0.25) is 11.8 Å². The van der Waals surface area contributed by atoms with E-state index in [1.165, 1.54) is 18.4 Å². The van der Waals surface area contributed by atoms with Crippen LogP contribution >= 0.6 is 0 Å². The van der Waals surface area contributed by atoms with E-state index in [0.29, 0.717) is 13.1 Å². The predicted octanol–water partition coefficient (Wildman–Crippen LogP) is 7.27. The summed E-state index contributed by atoms with van der Waals surface area (Å²) in [5.41, 5.74) is 4.80. The van der Waals surface area contributed by atoms with Crippen LogP contribution in [0.2, 0.25) is 0 Å². The molecule has 4 N–H and O–H groups in total. The Morgan fingerprint density at radius 1 is 0.683 bits per heavy atom. The lowest BCUT2D eigenvalue weighted by molar-refractivity contribution is -0.136. The standard InChI is InChI=1S/C46H65N9O5/c1-29(2)37(51-43(58)53-23-7-6-8-24-53)41(56)54-25-9-11-34(54)39-47-27-33(49-39)31-13-15-32(16-14-31)45-17-20-46(21-18-45,22-19-45)36-28-48-40(50-36)35-12-10-26-55(35)42(57)38(30(3)4)52-44(59)60-5/h13-16,27-30,34-35,37-38H,6-12,17-26H2,1-5H3,(H,47,49)(H,48,50)(H,51,58)(H,52,59)/t34-,35?,37+,38-,45?,46?/m0/s1. The lowest BCUT2D eigenvalue weighted by Gasteiger charge is -2.53. The van der Waals surface area contributed by atoms with Crippen LogP contribution in [0.25, 0.3) is 11.3 Å². The van der Waals surface area contributed by atoms with Crippen molar-refractivity contribution < 1.29 is 23.9 Å². The fourth-order valence-corrected chi connectivity index (χ4v) is 11.0. The average molecular weight is 824 g/mol. The predicted molar refractivity (Wildman–Crippen MR) is 228 cm³/mol. The highest BCUT2D eigenvalue weighted by Gasteiger charge is 2.51. The molecule has 1 aromatic carbocycles. The van der Waals surface area contributed by atoms with E-state index in [2.05, 4.69) is 44.9 Å². The summed E-state index contributed by atoms with van der Waals surface area (Å²) in [5.74, 6) is 1.40. The third-order valence-electron chi connectivity index (χ3n) is 14.8. The fraction of sp³-hybridized carbons (Fsp3) is 0.652. The number of urea groups is 1. The van der Waals surface area contributed by atoms with E-state index >= 15 is 0 Å². The number of alkyl carbamates (subject to hydrolysis) is 1. The van der Waals surface area contributed by atoms with Crippen molar-refractivity contribution in [3.63, 3.8) is 0 Å². The van der Waals surface area contributed by atoms with Crippen molar-refractivity contribution in [2.24, 2.45) is 11.8 Å². The SMILES string of the molecule is COC(=O)N[C@H](C(=O)N1CCCC1c1ncc(C23CCC(c4ccc(-c5cnc([C@@H]6CCCN6C(=O)[C@H](NC(=O)N6CCCCC6)C(C)C)[nH]5)cc4)(CC2)CC3)[nH]1)C(C)C. The smallest absolute Gasteiger partial charge is 0.407 e. The van der Waals surface area contributed by atoms with E-state index in [9.17, 15) is 19.2 Å². The Balaban J connectivity index is 0.897. The Bertz CT molecular complexity index is 1990. The summed E-state index contributed by atoms with van der Waals surface area (Å²) in [4.78, 5) is 75.5. The van der Waals surface area contributed by atoms with Gasteiger partial charge in [-0.25, -0.2) is 19.6 Å². The zero-order valence-electron chi connectivity index (χ0n) is 36.2. The number of carbonyl (C=O) groups is 4. The molecule has 5 heterocycles. The van der Waals surface area contributed by atoms with Crippen molar-refractivity contribution in [1.82, 2.24) is 45.3 Å². The summed E-state index contributed by atoms with van der Waals surface area (Å²) in [5, 5.41) is 5.83. The van der Waals surface area contributed by atoms with E-state index in [1.807, 2.05) is 54.8 Å². The number of likely N-dealkylation sites (tertiary alicyclic amines) is 3. The maximum atomic E-state index is 14.0. The topological polar surface area (TPSA) is 169 Å². The molecular formula is C46H65N9O5. The van der Waals surface area contributed by atoms with E-state index in [-0.39, 0.29) is 52.6 Å². The molecule has 3 saturated carbocycles. The Morgan fingerprint density at radius 2 is 1.22 bits per heavy atom. The molecule has 9 rings (SSSR count). The average Bonchev–Trinajstić information content (AvgIpc) is 4.12. The van der Waals surface area contributed by atoms with Gasteiger partial charge in [0, 0.05) is 43.5 Å². The van der Waals surface area contributed by atoms with Crippen LogP contribution in [-0.4, -0.2) is 104 Å². The third-order valence-corrected chi connectivity index (χ3v) is 14.8. The van der Waals surface area contributed by atoms with Crippen LogP contribution in [0, 0.1) is 11.8 Å². The maximum absolute atomic E-state index is 14.0. The van der Waals surface area contributed by atoms with Crippen molar-refractivity contribution in [3.05, 3.63) is 59.6 Å². The first-order valence-corrected chi connectivity index (χ1v) is 22.6. The molecule has 14 nitrogen and oxygen atoms in total. The molecule has 60 heavy (non-hydrogen) atoms. The molecule has 2 aromatic heterocycles. The minimum absolute atomic E-state index is 0.0322. The molecule has 5 amide bonds. The second-order valence-corrected chi connectivity index (χ2v) is 19.0. The number of H-pyrrole nitrogens is 2. The molecule has 3 aliphatic carbocycles. The van der Waals surface area contributed by atoms with Crippen molar-refractivity contribution >= 4 is 23.9 Å². The van der Waals surface area contributed by atoms with Crippen LogP contribution in [0.4, 0.5) is 9.59 Å². The van der Waals surface area contributed by atoms with Crippen LogP contribution in [0.1, 0.15) is 146 Å². The van der Waals surface area contributed by atoms with Gasteiger partial charge in [0.15, 0.2) is 0 Å². The Morgan fingerprint density at radius 3 is 1.78 bits per heavy atom. The second-order valence-electron chi connectivity index (χ2n) is 19.0. The molecular weight excluding hydrogens is 759 g/mol. The number of amides is 5. The Hall–Kier alpha value is -4.88. The number of aromatic nitrogens is 4. The third kappa shape index (κ3) is 8.02. The highest BCUT2D eigenvalue weighted by molar-refractivity contribution is 5.88. The molecule has 6 fully saturated rings. The van der Waals surface area contributed by atoms with Gasteiger partial charge >= 0.3 is 12.1 Å². The van der Waals surface area contributed by atoms with E-state index < -0.39 is 18.2 Å². The summed E-state index contributed by atoms with van der Waals surface area (Å²) in [6, 6.07) is 7.36. The summed E-state index contributed by atoms with van der Waals surface area (Å²) < 4.78 is 4.81. The van der Waals surface area contributed by atoms with Crippen molar-refractivity contribution in [2.45, 2.75) is 146 Å². The number of nitrogens with one attached hydrogen (secondary N) is 4. The molecule has 3 aliphatic heterocycles. The first kappa shape index (κ1) is 41.8. The van der Waals surface area contributed by atoms with Crippen molar-refractivity contribution in [3.8, 4) is 11.3 Å². The number of fused-ring (bicyclic) bond motifs is 3. The lowest BCUT2D eigenvalue weighted by atomic mass is 9.51. The van der Waals surface area contributed by atoms with Crippen LogP contribution in [0.15, 0.2) is 36.7 Å². The zero-order chi connectivity index (χ0) is 42.2. The zero-order valence-corrected chi connectivity index (χ0v) is 36.2. The van der Waals surface area contributed by atoms with Crippen molar-refractivity contribution in [2.75, 3.05) is 33.3 Å². The maximum Gasteiger partial charge on any atom is 0.407 e. The van der Waals surface area contributed by atoms with Gasteiger partial charge in [-0.2, -0.15) is 0 Å². The summed E-state index contributed by atoms with van der Waals surface area (Å²) >= 11 is 0. The van der Waals surface area contributed by atoms with Crippen LogP contribution in [0.3, 0.4) is 0 Å². The molecule has 3 aromatic rings. The Labute approximate surface area is 354 Å². The monoisotopic (exact) mass is 824 g/mol. The molecule has 2 bridgehead atoms. The van der Waals surface area contributed by atoms with Gasteiger partial charge in [-0.3, -0.25) is 9.59 Å². The quantitative estimate of drug-likeness (QED) is 0.158. The van der Waals surface area contributed by atoms with E-state index in [1.54, 1.807) is 0 Å². The number of hydrogen-bond acceptors (Lipinski definition) is 7. The number of piperidine rings is 1. The second kappa shape index (κ2) is 17.2. The summed E-state index contributed by atoms with van der Waals surface area (Å²) in [7, 11) is 1.31. The van der Waals surface area contributed by atoms with Gasteiger partial charge in [0.25, 0.3) is 0 Å². The highest BCUT2D eigenvalue weighted by Crippen LogP contribution is 2.58. The highest BCUT2D eigenvalue weighted by atomic mass is 16.5. The number of aromatic amines is 2. The van der Waals surface area contributed by atoms with Crippen LogP contribution in [-0.2, 0) is 25.2 Å². The lowest BCUT2D eigenvalue weighted by Crippen LogP contribution is -2.55. The molecule has 1 unspecified atom stereocenters. The number of hydrogen-bond donors (Lipinski definition) is 4. The van der Waals surface area contributed by atoms with E-state index in [0.717, 1.165) is 119 Å². The van der Waals surface area contributed by atoms with Crippen molar-refractivity contribution in [1.29, 1.82) is 0 Å². The molecule has 14 heteroatoms.